The summed E-state index contributed by atoms with van der Waals surface area (Å²) in [6.45, 7) is 5.86. The lowest BCUT2D eigenvalue weighted by Crippen LogP contribution is -2.29. The molecule has 1 aliphatic rings. The molecule has 0 bridgehead atoms. The molecule has 0 radical (unpaired) electrons. The molecule has 0 aliphatic carbocycles. The topological polar surface area (TPSA) is 53.4 Å². The first kappa shape index (κ1) is 14.0. The van der Waals surface area contributed by atoms with Gasteiger partial charge >= 0.3 is 5.97 Å². The molecule has 0 atom stereocenters. The molecule has 0 fully saturated rings. The Morgan fingerprint density at radius 3 is 2.86 bits per heavy atom. The lowest BCUT2D eigenvalue weighted by molar-refractivity contribution is -0.136. The average molecular weight is 284 g/mol. The number of fused-ring (bicyclic) bond motifs is 2. The van der Waals surface area contributed by atoms with Gasteiger partial charge in [-0.05, 0) is 49.2 Å². The SMILES string of the molecule is Cc1cc(C)c2c(CC(=O)O)c3c(nc2c1)CCN(C)C3. The van der Waals surface area contributed by atoms with Crippen LogP contribution in [0.3, 0.4) is 0 Å². The minimum atomic E-state index is -0.780. The number of hydrogen-bond donors (Lipinski definition) is 1. The van der Waals surface area contributed by atoms with Crippen molar-refractivity contribution in [2.45, 2.75) is 33.2 Å². The fourth-order valence-electron chi connectivity index (χ4n) is 3.35. The molecule has 4 heteroatoms. The number of carbonyl (C=O) groups is 1. The van der Waals surface area contributed by atoms with E-state index in [1.54, 1.807) is 0 Å². The van der Waals surface area contributed by atoms with E-state index >= 15 is 0 Å². The van der Waals surface area contributed by atoms with Crippen LogP contribution >= 0.6 is 0 Å². The van der Waals surface area contributed by atoms with Crippen LogP contribution in [0.4, 0.5) is 0 Å². The Morgan fingerprint density at radius 1 is 1.38 bits per heavy atom. The Hall–Kier alpha value is -1.94. The van der Waals surface area contributed by atoms with E-state index in [-0.39, 0.29) is 6.42 Å². The van der Waals surface area contributed by atoms with Gasteiger partial charge in [-0.25, -0.2) is 0 Å². The first-order valence-electron chi connectivity index (χ1n) is 7.27. The predicted octanol–water partition coefficient (Wildman–Crippen LogP) is 2.47. The maximum atomic E-state index is 11.3. The first-order valence-corrected chi connectivity index (χ1v) is 7.27. The molecule has 2 heterocycles. The molecular formula is C17H20N2O2. The van der Waals surface area contributed by atoms with Crippen LogP contribution in [0.2, 0.25) is 0 Å². The number of aliphatic carboxylic acids is 1. The molecule has 0 amide bonds. The van der Waals surface area contributed by atoms with E-state index in [1.165, 1.54) is 5.56 Å². The number of nitrogens with zero attached hydrogens (tertiary/aromatic N) is 2. The molecule has 3 rings (SSSR count). The van der Waals surface area contributed by atoms with Crippen molar-refractivity contribution in [1.29, 1.82) is 0 Å². The van der Waals surface area contributed by atoms with Crippen molar-refractivity contribution < 1.29 is 9.90 Å². The molecule has 4 nitrogen and oxygen atoms in total. The molecule has 1 aromatic heterocycles. The Morgan fingerprint density at radius 2 is 2.14 bits per heavy atom. The molecule has 21 heavy (non-hydrogen) atoms. The number of likely N-dealkylation sites (N-methyl/N-ethyl adjacent to an activating group) is 1. The predicted molar refractivity (Wildman–Crippen MR) is 82.6 cm³/mol. The maximum absolute atomic E-state index is 11.3. The second-order valence-corrected chi connectivity index (χ2v) is 6.05. The lowest BCUT2D eigenvalue weighted by atomic mass is 9.91. The number of pyridine rings is 1. The van der Waals surface area contributed by atoms with Gasteiger partial charge in [-0.1, -0.05) is 6.07 Å². The molecule has 0 spiro atoms. The van der Waals surface area contributed by atoms with Gasteiger partial charge in [0, 0.05) is 30.6 Å². The van der Waals surface area contributed by atoms with Crippen LogP contribution in [-0.2, 0) is 24.2 Å². The van der Waals surface area contributed by atoms with Crippen LogP contribution in [0.15, 0.2) is 12.1 Å². The zero-order valence-electron chi connectivity index (χ0n) is 12.7. The minimum Gasteiger partial charge on any atom is -0.481 e. The van der Waals surface area contributed by atoms with Gasteiger partial charge in [-0.15, -0.1) is 0 Å². The van der Waals surface area contributed by atoms with Gasteiger partial charge in [0.2, 0.25) is 0 Å². The van der Waals surface area contributed by atoms with Crippen LogP contribution in [0, 0.1) is 13.8 Å². The molecule has 110 valence electrons. The van der Waals surface area contributed by atoms with Crippen molar-refractivity contribution in [2.75, 3.05) is 13.6 Å². The molecule has 1 aliphatic heterocycles. The summed E-state index contributed by atoms with van der Waals surface area (Å²) in [4.78, 5) is 18.4. The summed E-state index contributed by atoms with van der Waals surface area (Å²) in [5.41, 5.74) is 6.36. The highest BCUT2D eigenvalue weighted by molar-refractivity contribution is 5.90. The van der Waals surface area contributed by atoms with Crippen LogP contribution in [0.25, 0.3) is 10.9 Å². The molecule has 2 aromatic rings. The number of aryl methyl sites for hydroxylation is 2. The monoisotopic (exact) mass is 284 g/mol. The standard InChI is InChI=1S/C17H20N2O2/c1-10-6-11(2)17-12(8-16(20)21)13-9-19(3)5-4-14(13)18-15(17)7-10/h6-7H,4-5,8-9H2,1-3H3,(H,20,21). The average Bonchev–Trinajstić information content (AvgIpc) is 2.38. The summed E-state index contributed by atoms with van der Waals surface area (Å²) in [5, 5.41) is 10.3. The van der Waals surface area contributed by atoms with E-state index in [0.717, 1.165) is 52.8 Å². The number of hydrogen-bond acceptors (Lipinski definition) is 3. The summed E-state index contributed by atoms with van der Waals surface area (Å²) in [5.74, 6) is -0.780. The number of carboxylic acid groups (broad SMARTS) is 1. The fourth-order valence-corrected chi connectivity index (χ4v) is 3.35. The Labute approximate surface area is 124 Å². The second-order valence-electron chi connectivity index (χ2n) is 6.05. The second kappa shape index (κ2) is 5.11. The van der Waals surface area contributed by atoms with E-state index in [2.05, 4.69) is 31.0 Å². The van der Waals surface area contributed by atoms with E-state index in [0.29, 0.717) is 0 Å². The van der Waals surface area contributed by atoms with Crippen molar-refractivity contribution >= 4 is 16.9 Å². The highest BCUT2D eigenvalue weighted by atomic mass is 16.4. The van der Waals surface area contributed by atoms with Crippen LogP contribution < -0.4 is 0 Å². The highest BCUT2D eigenvalue weighted by Crippen LogP contribution is 2.31. The first-order chi connectivity index (χ1) is 9.95. The number of aromatic nitrogens is 1. The fraction of sp³-hybridized carbons (Fsp3) is 0.412. The van der Waals surface area contributed by atoms with Crippen molar-refractivity contribution in [1.82, 2.24) is 9.88 Å². The highest BCUT2D eigenvalue weighted by Gasteiger charge is 2.22. The summed E-state index contributed by atoms with van der Waals surface area (Å²) in [6, 6.07) is 4.17. The summed E-state index contributed by atoms with van der Waals surface area (Å²) in [7, 11) is 2.07. The quantitative estimate of drug-likeness (QED) is 0.920. The lowest BCUT2D eigenvalue weighted by Gasteiger charge is -2.27. The van der Waals surface area contributed by atoms with Crippen molar-refractivity contribution in [2.24, 2.45) is 0 Å². The molecule has 1 aromatic carbocycles. The molecule has 0 saturated carbocycles. The summed E-state index contributed by atoms with van der Waals surface area (Å²) < 4.78 is 0. The normalized spacial score (nSPS) is 15.2. The van der Waals surface area contributed by atoms with E-state index < -0.39 is 5.97 Å². The van der Waals surface area contributed by atoms with Crippen LogP contribution in [-0.4, -0.2) is 34.6 Å². The smallest absolute Gasteiger partial charge is 0.307 e. The van der Waals surface area contributed by atoms with Crippen molar-refractivity contribution in [3.05, 3.63) is 40.1 Å². The largest absolute Gasteiger partial charge is 0.481 e. The zero-order chi connectivity index (χ0) is 15.1. The number of benzene rings is 1. The van der Waals surface area contributed by atoms with Gasteiger partial charge < -0.3 is 10.0 Å². The number of carboxylic acids is 1. The van der Waals surface area contributed by atoms with Gasteiger partial charge in [0.25, 0.3) is 0 Å². The molecule has 0 saturated heterocycles. The van der Waals surface area contributed by atoms with Crippen molar-refractivity contribution in [3.8, 4) is 0 Å². The Kier molecular flexibility index (Phi) is 3.41. The van der Waals surface area contributed by atoms with Gasteiger partial charge in [0.1, 0.15) is 0 Å². The zero-order valence-corrected chi connectivity index (χ0v) is 12.7. The van der Waals surface area contributed by atoms with Gasteiger partial charge in [0.05, 0.1) is 11.9 Å². The maximum Gasteiger partial charge on any atom is 0.307 e. The summed E-state index contributed by atoms with van der Waals surface area (Å²) in [6.07, 6.45) is 0.959. The summed E-state index contributed by atoms with van der Waals surface area (Å²) >= 11 is 0. The van der Waals surface area contributed by atoms with Gasteiger partial charge in [-0.2, -0.15) is 0 Å². The molecule has 1 N–H and O–H groups in total. The Balaban J connectivity index is 2.34. The van der Waals surface area contributed by atoms with E-state index in [1.807, 2.05) is 6.92 Å². The van der Waals surface area contributed by atoms with Crippen LogP contribution in [0.1, 0.15) is 27.9 Å². The third kappa shape index (κ3) is 2.51. The molecular weight excluding hydrogens is 264 g/mol. The third-order valence-corrected chi connectivity index (χ3v) is 4.22. The van der Waals surface area contributed by atoms with Gasteiger partial charge in [-0.3, -0.25) is 9.78 Å². The number of rotatable bonds is 2. The van der Waals surface area contributed by atoms with Gasteiger partial charge in [0.15, 0.2) is 0 Å². The minimum absolute atomic E-state index is 0.0685. The Bertz CT molecular complexity index is 737. The van der Waals surface area contributed by atoms with Crippen molar-refractivity contribution in [3.63, 3.8) is 0 Å². The third-order valence-electron chi connectivity index (χ3n) is 4.22. The van der Waals surface area contributed by atoms with E-state index in [9.17, 15) is 9.90 Å². The van der Waals surface area contributed by atoms with E-state index in [4.69, 9.17) is 4.98 Å². The van der Waals surface area contributed by atoms with Crippen LogP contribution in [0.5, 0.6) is 0 Å². The molecule has 0 unspecified atom stereocenters.